The molecule has 0 saturated carbocycles. The Labute approximate surface area is 73.0 Å². The average molecular weight is 168 g/mol. The van der Waals surface area contributed by atoms with Gasteiger partial charge in [-0.25, -0.2) is 0 Å². The van der Waals surface area contributed by atoms with E-state index in [2.05, 4.69) is 18.8 Å². The van der Waals surface area contributed by atoms with E-state index in [0.717, 1.165) is 19.3 Å². The van der Waals surface area contributed by atoms with E-state index in [0.29, 0.717) is 11.7 Å². The molecule has 0 aromatic heterocycles. The van der Waals surface area contributed by atoms with E-state index in [-0.39, 0.29) is 11.8 Å². The number of carbonyl (C=O) groups is 1. The van der Waals surface area contributed by atoms with E-state index in [1.165, 1.54) is 0 Å². The summed E-state index contributed by atoms with van der Waals surface area (Å²) in [6.07, 6.45) is 2.95. The number of nitrogens with one attached hydrogen (secondary N) is 1. The average Bonchev–Trinajstić information content (AvgIpc) is 2.32. The van der Waals surface area contributed by atoms with Crippen LogP contribution < -0.4 is 11.1 Å². The standard InChI is InChI=1S/C9H16N2O/c1-3-4-7-5-8(6(2)10)9(12)11-7/h7-8H,2-5,10H2,1H3,(H,11,12). The molecule has 12 heavy (non-hydrogen) atoms. The molecule has 0 aromatic carbocycles. The van der Waals surface area contributed by atoms with Crippen molar-refractivity contribution >= 4 is 5.91 Å². The summed E-state index contributed by atoms with van der Waals surface area (Å²) >= 11 is 0. The van der Waals surface area contributed by atoms with Crippen molar-refractivity contribution in [1.29, 1.82) is 0 Å². The zero-order chi connectivity index (χ0) is 9.14. The molecule has 2 atom stereocenters. The van der Waals surface area contributed by atoms with E-state index in [9.17, 15) is 4.79 Å². The second-order valence-corrected chi connectivity index (χ2v) is 3.36. The number of carbonyl (C=O) groups excluding carboxylic acids is 1. The maximum atomic E-state index is 11.2. The number of hydrogen-bond donors (Lipinski definition) is 2. The molecule has 0 aliphatic carbocycles. The topological polar surface area (TPSA) is 55.1 Å². The maximum absolute atomic E-state index is 11.2. The molecule has 3 nitrogen and oxygen atoms in total. The molecule has 0 bridgehead atoms. The van der Waals surface area contributed by atoms with Crippen molar-refractivity contribution < 1.29 is 4.79 Å². The number of nitrogens with two attached hydrogens (primary N) is 1. The molecule has 1 aliphatic heterocycles. The third kappa shape index (κ3) is 1.78. The Balaban J connectivity index is 2.50. The summed E-state index contributed by atoms with van der Waals surface area (Å²) < 4.78 is 0. The molecule has 1 fully saturated rings. The van der Waals surface area contributed by atoms with Crippen molar-refractivity contribution in [3.63, 3.8) is 0 Å². The molecule has 1 rings (SSSR count). The predicted molar refractivity (Wildman–Crippen MR) is 48.3 cm³/mol. The molecule has 68 valence electrons. The van der Waals surface area contributed by atoms with Crippen LogP contribution in [0.3, 0.4) is 0 Å². The molecule has 0 radical (unpaired) electrons. The SMILES string of the molecule is C=C(N)C1CC(CCC)NC1=O. The van der Waals surface area contributed by atoms with Gasteiger partial charge in [0.2, 0.25) is 5.91 Å². The summed E-state index contributed by atoms with van der Waals surface area (Å²) in [5.41, 5.74) is 5.98. The summed E-state index contributed by atoms with van der Waals surface area (Å²) in [7, 11) is 0. The second kappa shape index (κ2) is 3.61. The maximum Gasteiger partial charge on any atom is 0.229 e. The highest BCUT2D eigenvalue weighted by Gasteiger charge is 2.31. The lowest BCUT2D eigenvalue weighted by atomic mass is 10.0. The first-order valence-corrected chi connectivity index (χ1v) is 4.39. The van der Waals surface area contributed by atoms with Crippen LogP contribution in [0.1, 0.15) is 26.2 Å². The summed E-state index contributed by atoms with van der Waals surface area (Å²) in [4.78, 5) is 11.2. The zero-order valence-corrected chi connectivity index (χ0v) is 7.47. The van der Waals surface area contributed by atoms with Gasteiger partial charge in [-0.05, 0) is 12.8 Å². The number of hydrogen-bond acceptors (Lipinski definition) is 2. The lowest BCUT2D eigenvalue weighted by Gasteiger charge is -2.06. The van der Waals surface area contributed by atoms with Crippen LogP contribution in [0, 0.1) is 5.92 Å². The molecular formula is C9H16N2O. The van der Waals surface area contributed by atoms with Gasteiger partial charge in [-0.1, -0.05) is 19.9 Å². The predicted octanol–water partition coefficient (Wildman–Crippen LogP) is 0.764. The summed E-state index contributed by atoms with van der Waals surface area (Å²) in [5.74, 6) is -0.109. The Kier molecular flexibility index (Phi) is 2.74. The fourth-order valence-corrected chi connectivity index (χ4v) is 1.61. The van der Waals surface area contributed by atoms with Crippen molar-refractivity contribution in [3.8, 4) is 0 Å². The van der Waals surface area contributed by atoms with Gasteiger partial charge in [0.05, 0.1) is 5.92 Å². The van der Waals surface area contributed by atoms with Crippen LogP contribution >= 0.6 is 0 Å². The highest BCUT2D eigenvalue weighted by Crippen LogP contribution is 2.21. The van der Waals surface area contributed by atoms with E-state index in [1.54, 1.807) is 0 Å². The fraction of sp³-hybridized carbons (Fsp3) is 0.667. The van der Waals surface area contributed by atoms with Gasteiger partial charge in [0, 0.05) is 11.7 Å². The van der Waals surface area contributed by atoms with E-state index >= 15 is 0 Å². The van der Waals surface area contributed by atoms with E-state index in [1.807, 2.05) is 0 Å². The van der Waals surface area contributed by atoms with Crippen LogP contribution in [-0.2, 0) is 4.79 Å². The smallest absolute Gasteiger partial charge is 0.229 e. The number of amides is 1. The van der Waals surface area contributed by atoms with E-state index < -0.39 is 0 Å². The molecule has 3 heteroatoms. The zero-order valence-electron chi connectivity index (χ0n) is 7.47. The Hall–Kier alpha value is -0.990. The Morgan fingerprint density at radius 2 is 2.50 bits per heavy atom. The summed E-state index contributed by atoms with van der Waals surface area (Å²) in [6, 6.07) is 0.313. The van der Waals surface area contributed by atoms with Crippen LogP contribution in [0.5, 0.6) is 0 Å². The van der Waals surface area contributed by atoms with Gasteiger partial charge < -0.3 is 11.1 Å². The fourth-order valence-electron chi connectivity index (χ4n) is 1.61. The minimum atomic E-state index is -0.151. The second-order valence-electron chi connectivity index (χ2n) is 3.36. The molecule has 2 unspecified atom stereocenters. The quantitative estimate of drug-likeness (QED) is 0.653. The third-order valence-corrected chi connectivity index (χ3v) is 2.27. The minimum Gasteiger partial charge on any atom is -0.402 e. The molecule has 3 N–H and O–H groups in total. The Morgan fingerprint density at radius 3 is 2.92 bits per heavy atom. The van der Waals surface area contributed by atoms with Crippen LogP contribution in [0.4, 0.5) is 0 Å². The van der Waals surface area contributed by atoms with Crippen LogP contribution in [0.25, 0.3) is 0 Å². The summed E-state index contributed by atoms with van der Waals surface area (Å²) in [5, 5.41) is 2.91. The van der Waals surface area contributed by atoms with Gasteiger partial charge in [-0.3, -0.25) is 4.79 Å². The van der Waals surface area contributed by atoms with Crippen molar-refractivity contribution in [2.24, 2.45) is 11.7 Å². The van der Waals surface area contributed by atoms with Crippen molar-refractivity contribution in [2.45, 2.75) is 32.2 Å². The minimum absolute atomic E-state index is 0.0425. The highest BCUT2D eigenvalue weighted by molar-refractivity contribution is 5.83. The Morgan fingerprint density at radius 1 is 1.83 bits per heavy atom. The van der Waals surface area contributed by atoms with Crippen LogP contribution in [0.2, 0.25) is 0 Å². The van der Waals surface area contributed by atoms with Gasteiger partial charge >= 0.3 is 0 Å². The van der Waals surface area contributed by atoms with Gasteiger partial charge in [-0.2, -0.15) is 0 Å². The number of rotatable bonds is 3. The largest absolute Gasteiger partial charge is 0.402 e. The lowest BCUT2D eigenvalue weighted by molar-refractivity contribution is -0.121. The molecule has 0 aromatic rings. The van der Waals surface area contributed by atoms with Gasteiger partial charge in [0.15, 0.2) is 0 Å². The molecule has 1 amide bonds. The van der Waals surface area contributed by atoms with Crippen LogP contribution in [0.15, 0.2) is 12.3 Å². The molecule has 0 spiro atoms. The lowest BCUT2D eigenvalue weighted by Crippen LogP contribution is -2.27. The van der Waals surface area contributed by atoms with Crippen molar-refractivity contribution in [1.82, 2.24) is 5.32 Å². The first-order chi connectivity index (χ1) is 5.65. The first kappa shape index (κ1) is 9.10. The van der Waals surface area contributed by atoms with Gasteiger partial charge in [0.1, 0.15) is 0 Å². The van der Waals surface area contributed by atoms with Crippen molar-refractivity contribution in [2.75, 3.05) is 0 Å². The molecule has 1 aliphatic rings. The molecular weight excluding hydrogens is 152 g/mol. The highest BCUT2D eigenvalue weighted by atomic mass is 16.2. The summed E-state index contributed by atoms with van der Waals surface area (Å²) in [6.45, 7) is 5.71. The first-order valence-electron chi connectivity index (χ1n) is 4.39. The normalized spacial score (nSPS) is 28.6. The van der Waals surface area contributed by atoms with Gasteiger partial charge in [-0.15, -0.1) is 0 Å². The van der Waals surface area contributed by atoms with E-state index in [4.69, 9.17) is 5.73 Å². The monoisotopic (exact) mass is 168 g/mol. The van der Waals surface area contributed by atoms with Gasteiger partial charge in [0.25, 0.3) is 0 Å². The Bertz CT molecular complexity index is 201. The third-order valence-electron chi connectivity index (χ3n) is 2.27. The molecule has 1 saturated heterocycles. The molecule has 1 heterocycles. The van der Waals surface area contributed by atoms with Crippen molar-refractivity contribution in [3.05, 3.63) is 12.3 Å². The van der Waals surface area contributed by atoms with Crippen LogP contribution in [-0.4, -0.2) is 11.9 Å².